The predicted octanol–water partition coefficient (Wildman–Crippen LogP) is 4.35. The Hall–Kier alpha value is -3.59. The maximum atomic E-state index is 9.04. The van der Waals surface area contributed by atoms with Crippen molar-refractivity contribution >= 4 is 12.1 Å². The third kappa shape index (κ3) is 4.24. The van der Waals surface area contributed by atoms with Crippen LogP contribution in [-0.2, 0) is 6.42 Å². The molecule has 0 fully saturated rings. The number of benzene rings is 2. The van der Waals surface area contributed by atoms with Gasteiger partial charge in [-0.15, -0.1) is 0 Å². The number of oxazole rings is 1. The minimum Gasteiger partial charge on any atom is -0.457 e. The summed E-state index contributed by atoms with van der Waals surface area (Å²) >= 11 is 0. The lowest BCUT2D eigenvalue weighted by Gasteiger charge is -2.05. The van der Waals surface area contributed by atoms with Gasteiger partial charge >= 0.3 is 0 Å². The van der Waals surface area contributed by atoms with Gasteiger partial charge in [0.1, 0.15) is 17.6 Å². The number of aryl methyl sites for hydroxylation is 1. The predicted molar refractivity (Wildman–Crippen MR) is 94.8 cm³/mol. The van der Waals surface area contributed by atoms with Crippen molar-refractivity contribution < 1.29 is 9.15 Å². The van der Waals surface area contributed by atoms with Crippen molar-refractivity contribution in [2.45, 2.75) is 13.3 Å². The van der Waals surface area contributed by atoms with Gasteiger partial charge in [-0.3, -0.25) is 0 Å². The number of aromatic nitrogens is 1. The molecule has 25 heavy (non-hydrogen) atoms. The molecule has 1 N–H and O–H groups in total. The van der Waals surface area contributed by atoms with Gasteiger partial charge in [-0.1, -0.05) is 37.3 Å². The second-order valence-corrected chi connectivity index (χ2v) is 5.11. The molecule has 2 aromatic carbocycles. The summed E-state index contributed by atoms with van der Waals surface area (Å²) in [5.41, 5.74) is 3.75. The number of ether oxygens (including phenoxy) is 1. The number of anilines is 1. The fourth-order valence-corrected chi connectivity index (χ4v) is 2.12. The molecule has 0 bridgehead atoms. The highest BCUT2D eigenvalue weighted by atomic mass is 16.5. The van der Waals surface area contributed by atoms with E-state index in [9.17, 15) is 0 Å². The van der Waals surface area contributed by atoms with E-state index in [1.807, 2.05) is 67.6 Å². The smallest absolute Gasteiger partial charge is 0.252 e. The van der Waals surface area contributed by atoms with E-state index in [1.165, 1.54) is 0 Å². The second-order valence-electron chi connectivity index (χ2n) is 5.11. The Kier molecular flexibility index (Phi) is 5.07. The van der Waals surface area contributed by atoms with E-state index in [0.29, 0.717) is 18.1 Å². The van der Waals surface area contributed by atoms with Crippen molar-refractivity contribution in [3.05, 3.63) is 71.7 Å². The average Bonchev–Trinajstić information content (AvgIpc) is 3.05. The van der Waals surface area contributed by atoms with Crippen LogP contribution in [0, 0.1) is 11.3 Å². The SMILES string of the molecule is CCc1nc(C#N)c(N/N=C\c2cccc(Oc3ccccc3)c2)o1. The Morgan fingerprint density at radius 2 is 2.00 bits per heavy atom. The zero-order chi connectivity index (χ0) is 17.5. The normalized spacial score (nSPS) is 10.6. The van der Waals surface area contributed by atoms with Gasteiger partial charge in [0.05, 0.1) is 6.21 Å². The largest absolute Gasteiger partial charge is 0.457 e. The number of para-hydroxylation sites is 1. The molecule has 0 atom stereocenters. The van der Waals surface area contributed by atoms with Crippen LogP contribution in [0.5, 0.6) is 11.5 Å². The molecule has 0 amide bonds. The van der Waals surface area contributed by atoms with Crippen molar-refractivity contribution in [2.75, 3.05) is 5.43 Å². The van der Waals surface area contributed by atoms with Crippen molar-refractivity contribution in [2.24, 2.45) is 5.10 Å². The van der Waals surface area contributed by atoms with E-state index in [4.69, 9.17) is 14.4 Å². The average molecular weight is 332 g/mol. The molecule has 1 heterocycles. The maximum Gasteiger partial charge on any atom is 0.252 e. The lowest BCUT2D eigenvalue weighted by molar-refractivity contribution is 0.482. The highest BCUT2D eigenvalue weighted by Crippen LogP contribution is 2.21. The molecule has 3 aromatic rings. The van der Waals surface area contributed by atoms with Gasteiger partial charge in [-0.2, -0.15) is 10.4 Å². The minimum atomic E-state index is 0.190. The standard InChI is InChI=1S/C19H16N4O2/c1-2-18-22-17(12-20)19(25-18)23-21-13-14-7-6-10-16(11-14)24-15-8-4-3-5-9-15/h3-11,13,23H,2H2,1H3/b21-13-. The van der Waals surface area contributed by atoms with Gasteiger partial charge in [0.15, 0.2) is 5.89 Å². The fraction of sp³-hybridized carbons (Fsp3) is 0.105. The molecule has 124 valence electrons. The molecule has 1 aromatic heterocycles. The third-order valence-electron chi connectivity index (χ3n) is 3.30. The molecule has 0 radical (unpaired) electrons. The summed E-state index contributed by atoms with van der Waals surface area (Å²) in [7, 11) is 0. The summed E-state index contributed by atoms with van der Waals surface area (Å²) in [6.07, 6.45) is 2.23. The first kappa shape index (κ1) is 16.3. The zero-order valence-corrected chi connectivity index (χ0v) is 13.6. The van der Waals surface area contributed by atoms with Crippen LogP contribution in [0.25, 0.3) is 0 Å². The topological polar surface area (TPSA) is 83.4 Å². The number of hydrogen-bond donors (Lipinski definition) is 1. The van der Waals surface area contributed by atoms with E-state index in [2.05, 4.69) is 15.5 Å². The van der Waals surface area contributed by atoms with Gasteiger partial charge in [0.2, 0.25) is 5.69 Å². The summed E-state index contributed by atoms with van der Waals surface area (Å²) in [6.45, 7) is 1.90. The molecular formula is C19H16N4O2. The van der Waals surface area contributed by atoms with Crippen LogP contribution in [0.4, 0.5) is 5.88 Å². The summed E-state index contributed by atoms with van der Waals surface area (Å²) < 4.78 is 11.2. The van der Waals surface area contributed by atoms with Crippen LogP contribution in [0.15, 0.2) is 64.1 Å². The number of nitrogens with one attached hydrogen (secondary N) is 1. The fourth-order valence-electron chi connectivity index (χ4n) is 2.12. The molecule has 0 aliphatic rings. The van der Waals surface area contributed by atoms with E-state index >= 15 is 0 Å². The van der Waals surface area contributed by atoms with E-state index in [-0.39, 0.29) is 11.6 Å². The third-order valence-corrected chi connectivity index (χ3v) is 3.30. The number of nitriles is 1. The summed E-state index contributed by atoms with van der Waals surface area (Å²) in [6, 6.07) is 19.0. The first-order chi connectivity index (χ1) is 12.3. The van der Waals surface area contributed by atoms with Crippen LogP contribution >= 0.6 is 0 Å². The van der Waals surface area contributed by atoms with E-state index < -0.39 is 0 Å². The number of rotatable bonds is 6. The summed E-state index contributed by atoms with van der Waals surface area (Å²) in [5.74, 6) is 2.21. The zero-order valence-electron chi connectivity index (χ0n) is 13.6. The number of hydrazone groups is 1. The molecule has 6 nitrogen and oxygen atoms in total. The van der Waals surface area contributed by atoms with Crippen LogP contribution in [-0.4, -0.2) is 11.2 Å². The second kappa shape index (κ2) is 7.79. The maximum absolute atomic E-state index is 9.04. The van der Waals surface area contributed by atoms with E-state index in [1.54, 1.807) is 6.21 Å². The lowest BCUT2D eigenvalue weighted by atomic mass is 10.2. The summed E-state index contributed by atoms with van der Waals surface area (Å²) in [4.78, 5) is 4.05. The highest BCUT2D eigenvalue weighted by Gasteiger charge is 2.10. The van der Waals surface area contributed by atoms with Gasteiger partial charge in [-0.05, 0) is 29.8 Å². The molecule has 0 unspecified atom stereocenters. The first-order valence-corrected chi connectivity index (χ1v) is 7.80. The monoisotopic (exact) mass is 332 g/mol. The Balaban J connectivity index is 1.69. The van der Waals surface area contributed by atoms with Crippen molar-refractivity contribution in [3.8, 4) is 17.6 Å². The molecule has 0 aliphatic heterocycles. The molecule has 0 spiro atoms. The lowest BCUT2D eigenvalue weighted by Crippen LogP contribution is -1.92. The van der Waals surface area contributed by atoms with Crippen LogP contribution in [0.2, 0.25) is 0 Å². The number of hydrogen-bond acceptors (Lipinski definition) is 6. The van der Waals surface area contributed by atoms with Crippen molar-refractivity contribution in [3.63, 3.8) is 0 Å². The van der Waals surface area contributed by atoms with Crippen LogP contribution in [0.1, 0.15) is 24.1 Å². The van der Waals surface area contributed by atoms with Gasteiger partial charge < -0.3 is 9.15 Å². The Morgan fingerprint density at radius 1 is 1.20 bits per heavy atom. The van der Waals surface area contributed by atoms with Gasteiger partial charge in [0, 0.05) is 6.42 Å². The van der Waals surface area contributed by atoms with E-state index in [0.717, 1.165) is 11.3 Å². The Morgan fingerprint density at radius 3 is 2.76 bits per heavy atom. The van der Waals surface area contributed by atoms with Crippen LogP contribution in [0.3, 0.4) is 0 Å². The molecule has 6 heteroatoms. The van der Waals surface area contributed by atoms with Gasteiger partial charge in [0.25, 0.3) is 5.88 Å². The Bertz CT molecular complexity index is 911. The highest BCUT2D eigenvalue weighted by molar-refractivity contribution is 5.80. The van der Waals surface area contributed by atoms with Crippen molar-refractivity contribution in [1.82, 2.24) is 4.98 Å². The van der Waals surface area contributed by atoms with Crippen LogP contribution < -0.4 is 10.2 Å². The first-order valence-electron chi connectivity index (χ1n) is 7.80. The van der Waals surface area contributed by atoms with Gasteiger partial charge in [-0.25, -0.2) is 10.4 Å². The number of nitrogens with zero attached hydrogens (tertiary/aromatic N) is 3. The quantitative estimate of drug-likeness (QED) is 0.536. The summed E-state index contributed by atoms with van der Waals surface area (Å²) in [5, 5.41) is 13.1. The molecule has 0 aliphatic carbocycles. The Labute approximate surface area is 145 Å². The molecule has 0 saturated carbocycles. The van der Waals surface area contributed by atoms with Crippen molar-refractivity contribution in [1.29, 1.82) is 5.26 Å². The molecule has 3 rings (SSSR count). The minimum absolute atomic E-state index is 0.190. The molecular weight excluding hydrogens is 316 g/mol. The molecule has 0 saturated heterocycles.